The number of nitrogens with one attached hydrogen (secondary N) is 1. The Balaban J connectivity index is 1.81. The van der Waals surface area contributed by atoms with Gasteiger partial charge < -0.3 is 5.32 Å². The Bertz CT molecular complexity index is 1040. The van der Waals surface area contributed by atoms with Crippen molar-refractivity contribution in [2.75, 3.05) is 5.32 Å². The molecule has 3 aromatic rings. The van der Waals surface area contributed by atoms with Crippen LogP contribution < -0.4 is 5.32 Å². The first-order valence-corrected chi connectivity index (χ1v) is 11.8. The van der Waals surface area contributed by atoms with Crippen LogP contribution in [0.4, 0.5) is 5.69 Å². The molecule has 0 atom stereocenters. The normalized spacial score (nSPS) is 11.1. The van der Waals surface area contributed by atoms with Crippen molar-refractivity contribution in [1.29, 1.82) is 0 Å². The van der Waals surface area contributed by atoms with Crippen molar-refractivity contribution in [3.63, 3.8) is 0 Å². The van der Waals surface area contributed by atoms with Gasteiger partial charge in [-0.3, -0.25) is 9.20 Å². The number of fused-ring (bicyclic) bond motifs is 1. The summed E-state index contributed by atoms with van der Waals surface area (Å²) in [5, 5.41) is 2.82. The molecular weight excluding hydrogens is 342 g/mol. The minimum atomic E-state index is -1.44. The molecule has 1 N–H and O–H groups in total. The zero-order valence-corrected chi connectivity index (χ0v) is 16.6. The first kappa shape index (κ1) is 17.8. The topological polar surface area (TPSA) is 72.2 Å². The molecule has 0 unspecified atom stereocenters. The summed E-state index contributed by atoms with van der Waals surface area (Å²) in [7, 11) is -1.44. The van der Waals surface area contributed by atoms with Crippen LogP contribution in [0, 0.1) is 25.3 Å². The number of amides is 1. The first-order valence-electron chi connectivity index (χ1n) is 8.35. The fraction of sp³-hybridized carbons (Fsp3) is 0.263. The highest BCUT2D eigenvalue weighted by Crippen LogP contribution is 2.14. The molecule has 0 bridgehead atoms. The number of carbonyl (C=O) groups is 1. The average molecular weight is 363 g/mol. The highest BCUT2D eigenvalue weighted by Gasteiger charge is 2.16. The van der Waals surface area contributed by atoms with E-state index < -0.39 is 8.07 Å². The van der Waals surface area contributed by atoms with E-state index in [0.29, 0.717) is 22.7 Å². The van der Waals surface area contributed by atoms with E-state index in [4.69, 9.17) is 0 Å². The Kier molecular flexibility index (Phi) is 4.61. The number of aryl methyl sites for hydroxylation is 2. The van der Waals surface area contributed by atoms with E-state index in [1.165, 1.54) is 0 Å². The fourth-order valence-electron chi connectivity index (χ4n) is 2.42. The Hall–Kier alpha value is -2.98. The van der Waals surface area contributed by atoms with Crippen LogP contribution in [-0.2, 0) is 0 Å². The molecule has 0 spiro atoms. The van der Waals surface area contributed by atoms with Crippen LogP contribution in [0.3, 0.4) is 0 Å². The van der Waals surface area contributed by atoms with Crippen molar-refractivity contribution >= 4 is 25.3 Å². The van der Waals surface area contributed by atoms with Crippen LogP contribution in [0.25, 0.3) is 5.65 Å². The molecule has 1 amide bonds. The summed E-state index contributed by atoms with van der Waals surface area (Å²) in [4.78, 5) is 25.5. The lowest BCUT2D eigenvalue weighted by atomic mass is 10.3. The molecule has 0 saturated carbocycles. The lowest BCUT2D eigenvalue weighted by Gasteiger charge is -2.05. The zero-order valence-electron chi connectivity index (χ0n) is 15.6. The summed E-state index contributed by atoms with van der Waals surface area (Å²) in [6, 6.07) is 5.54. The number of hydrogen-bond acceptors (Lipinski definition) is 4. The van der Waals surface area contributed by atoms with Crippen molar-refractivity contribution in [2.45, 2.75) is 33.5 Å². The van der Waals surface area contributed by atoms with Gasteiger partial charge in [0.05, 0.1) is 11.9 Å². The second-order valence-corrected chi connectivity index (χ2v) is 12.0. The minimum absolute atomic E-state index is 0.291. The Morgan fingerprint density at radius 2 is 1.96 bits per heavy atom. The maximum Gasteiger partial charge on any atom is 0.278 e. The molecule has 3 heterocycles. The third-order valence-corrected chi connectivity index (χ3v) is 4.50. The van der Waals surface area contributed by atoms with Crippen LogP contribution in [0.15, 0.2) is 30.7 Å². The fourth-order valence-corrected chi connectivity index (χ4v) is 2.92. The van der Waals surface area contributed by atoms with Crippen molar-refractivity contribution < 1.29 is 4.79 Å². The lowest BCUT2D eigenvalue weighted by molar-refractivity contribution is 0.102. The van der Waals surface area contributed by atoms with Crippen LogP contribution in [0.2, 0.25) is 19.6 Å². The summed E-state index contributed by atoms with van der Waals surface area (Å²) in [6.07, 6.45) is 3.22. The van der Waals surface area contributed by atoms with E-state index >= 15 is 0 Å². The van der Waals surface area contributed by atoms with Gasteiger partial charge in [-0.05, 0) is 32.0 Å². The number of imidazole rings is 1. The highest BCUT2D eigenvalue weighted by atomic mass is 28.3. The maximum absolute atomic E-state index is 12.6. The molecular formula is C19H21N5OSi. The predicted molar refractivity (Wildman–Crippen MR) is 105 cm³/mol. The largest absolute Gasteiger partial charge is 0.319 e. The molecule has 0 saturated heterocycles. The lowest BCUT2D eigenvalue weighted by Crippen LogP contribution is -2.16. The van der Waals surface area contributed by atoms with E-state index in [-0.39, 0.29) is 5.91 Å². The molecule has 6 nitrogen and oxygen atoms in total. The van der Waals surface area contributed by atoms with Crippen molar-refractivity contribution in [2.24, 2.45) is 0 Å². The molecule has 3 rings (SSSR count). The van der Waals surface area contributed by atoms with Crippen LogP contribution in [0.5, 0.6) is 0 Å². The molecule has 0 radical (unpaired) electrons. The Morgan fingerprint density at radius 3 is 2.62 bits per heavy atom. The van der Waals surface area contributed by atoms with Gasteiger partial charge in [0.1, 0.15) is 20.1 Å². The standard InChI is InChI=1S/C19H21N5OSi/c1-13-10-14(2)24-12-21-17(18(24)22-13)19(25)23-16-7-6-15(20-11-16)8-9-26(3,4)5/h6-7,10-12H,1-5H3,(H,23,25). The number of anilines is 1. The molecule has 0 aliphatic rings. The summed E-state index contributed by atoms with van der Waals surface area (Å²) in [5.74, 6) is 2.78. The van der Waals surface area contributed by atoms with Crippen molar-refractivity contribution in [1.82, 2.24) is 19.4 Å². The van der Waals surface area contributed by atoms with Gasteiger partial charge in [-0.25, -0.2) is 15.0 Å². The van der Waals surface area contributed by atoms with Crippen LogP contribution >= 0.6 is 0 Å². The molecule has 0 aromatic carbocycles. The highest BCUT2D eigenvalue weighted by molar-refractivity contribution is 6.83. The van der Waals surface area contributed by atoms with E-state index in [9.17, 15) is 4.79 Å². The molecule has 7 heteroatoms. The first-order chi connectivity index (χ1) is 12.2. The smallest absolute Gasteiger partial charge is 0.278 e. The third-order valence-electron chi connectivity index (χ3n) is 3.62. The minimum Gasteiger partial charge on any atom is -0.319 e. The van der Waals surface area contributed by atoms with E-state index in [0.717, 1.165) is 11.4 Å². The summed E-state index contributed by atoms with van der Waals surface area (Å²) < 4.78 is 1.80. The summed E-state index contributed by atoms with van der Waals surface area (Å²) in [5.41, 5.74) is 7.23. The zero-order chi connectivity index (χ0) is 18.9. The van der Waals surface area contributed by atoms with Gasteiger partial charge in [0.15, 0.2) is 11.3 Å². The van der Waals surface area contributed by atoms with Gasteiger partial charge in [-0.2, -0.15) is 0 Å². The molecule has 132 valence electrons. The average Bonchev–Trinajstić information content (AvgIpc) is 2.97. The molecule has 0 fully saturated rings. The van der Waals surface area contributed by atoms with E-state index in [2.05, 4.69) is 51.4 Å². The molecule has 26 heavy (non-hydrogen) atoms. The van der Waals surface area contributed by atoms with Gasteiger partial charge in [-0.1, -0.05) is 25.6 Å². The number of pyridine rings is 1. The quantitative estimate of drug-likeness (QED) is 0.560. The molecule has 0 aliphatic heterocycles. The maximum atomic E-state index is 12.6. The second-order valence-electron chi connectivity index (χ2n) is 7.21. The summed E-state index contributed by atoms with van der Waals surface area (Å²) >= 11 is 0. The number of carbonyl (C=O) groups excluding carboxylic acids is 1. The third kappa shape index (κ3) is 3.98. The monoisotopic (exact) mass is 363 g/mol. The Labute approximate surface area is 153 Å². The van der Waals surface area contributed by atoms with Gasteiger partial charge in [0, 0.05) is 11.4 Å². The SMILES string of the molecule is Cc1cc(C)n2cnc(C(=O)Nc3ccc(C#C[Si](C)(C)C)nc3)c2n1. The van der Waals surface area contributed by atoms with Crippen molar-refractivity contribution in [3.8, 4) is 11.5 Å². The van der Waals surface area contributed by atoms with E-state index in [1.807, 2.05) is 19.9 Å². The number of nitrogens with zero attached hydrogens (tertiary/aromatic N) is 4. The van der Waals surface area contributed by atoms with Crippen molar-refractivity contribution in [3.05, 3.63) is 53.5 Å². The van der Waals surface area contributed by atoms with Gasteiger partial charge in [-0.15, -0.1) is 5.54 Å². The van der Waals surface area contributed by atoms with Crippen LogP contribution in [-0.4, -0.2) is 33.3 Å². The predicted octanol–water partition coefficient (Wildman–Crippen LogP) is 3.22. The molecule has 3 aromatic heterocycles. The Morgan fingerprint density at radius 1 is 1.19 bits per heavy atom. The van der Waals surface area contributed by atoms with Gasteiger partial charge >= 0.3 is 0 Å². The number of rotatable bonds is 2. The van der Waals surface area contributed by atoms with E-state index in [1.54, 1.807) is 29.1 Å². The number of hydrogen-bond donors (Lipinski definition) is 1. The summed E-state index contributed by atoms with van der Waals surface area (Å²) in [6.45, 7) is 10.4. The number of aromatic nitrogens is 4. The second kappa shape index (κ2) is 6.73. The molecule has 0 aliphatic carbocycles. The van der Waals surface area contributed by atoms with Gasteiger partial charge in [0.2, 0.25) is 0 Å². The van der Waals surface area contributed by atoms with Gasteiger partial charge in [0.25, 0.3) is 5.91 Å². The van der Waals surface area contributed by atoms with Crippen LogP contribution in [0.1, 0.15) is 27.6 Å².